The molecule has 36 heavy (non-hydrogen) atoms. The first kappa shape index (κ1) is 24.1. The second-order valence-corrected chi connectivity index (χ2v) is 11.2. The van der Waals surface area contributed by atoms with Gasteiger partial charge in [-0.25, -0.2) is 13.4 Å². The van der Waals surface area contributed by atoms with Crippen molar-refractivity contribution in [3.8, 4) is 11.1 Å². The highest BCUT2D eigenvalue weighted by atomic mass is 32.2. The number of benzene rings is 2. The molecule has 0 radical (unpaired) electrons. The molecule has 188 valence electrons. The van der Waals surface area contributed by atoms with Crippen LogP contribution in [-0.4, -0.2) is 70.2 Å². The number of piperazine rings is 1. The number of hydrogen-bond donors (Lipinski definition) is 1. The van der Waals surface area contributed by atoms with Crippen LogP contribution in [0.4, 0.5) is 17.1 Å². The summed E-state index contributed by atoms with van der Waals surface area (Å²) in [5.41, 5.74) is 5.14. The number of likely N-dealkylation sites (N-methyl/N-ethyl adjacent to an activating group) is 1. The Morgan fingerprint density at radius 2 is 1.69 bits per heavy atom. The van der Waals surface area contributed by atoms with E-state index in [0.717, 1.165) is 54.1 Å². The maximum Gasteiger partial charge on any atom is 0.261 e. The second-order valence-electron chi connectivity index (χ2n) is 9.55. The van der Waals surface area contributed by atoms with Crippen molar-refractivity contribution >= 4 is 38.1 Å². The van der Waals surface area contributed by atoms with E-state index in [1.54, 1.807) is 24.4 Å². The first-order valence-electron chi connectivity index (χ1n) is 12.0. The van der Waals surface area contributed by atoms with Crippen LogP contribution in [0.5, 0.6) is 0 Å². The number of hydrogen-bond acceptors (Lipinski definition) is 6. The number of rotatable bonds is 6. The highest BCUT2D eigenvalue weighted by Crippen LogP contribution is 2.36. The molecule has 9 heteroatoms. The molecule has 0 amide bonds. The molecule has 1 N–H and O–H groups in total. The zero-order valence-electron chi connectivity index (χ0n) is 21.1. The number of aromatic nitrogens is 2. The van der Waals surface area contributed by atoms with Crippen molar-refractivity contribution in [2.24, 2.45) is 7.05 Å². The summed E-state index contributed by atoms with van der Waals surface area (Å²) in [6.45, 7) is 3.65. The summed E-state index contributed by atoms with van der Waals surface area (Å²) in [6.07, 6.45) is 3.64. The Hall–Kier alpha value is -3.56. The molecule has 2 aromatic carbocycles. The zero-order chi connectivity index (χ0) is 25.4. The monoisotopic (exact) mass is 504 g/mol. The Labute approximate surface area is 212 Å². The number of anilines is 3. The maximum atomic E-state index is 13.6. The standard InChI is InChI=1S/C27H32N6O2S/c1-30(2)21-8-5-7-20(17-21)24-19-32(4)27-26(24)25(11-12-28-27)29-36(34,35)23-10-6-9-22(18-23)33-15-13-31(3)14-16-33/h5-12,17-19H,13-16H2,1-4H3,(H,28,29). The van der Waals surface area contributed by atoms with Crippen molar-refractivity contribution in [3.05, 3.63) is 67.0 Å². The highest BCUT2D eigenvalue weighted by molar-refractivity contribution is 7.92. The summed E-state index contributed by atoms with van der Waals surface area (Å²) in [5, 5.41) is 0.773. The van der Waals surface area contributed by atoms with Crippen LogP contribution in [0.15, 0.2) is 71.9 Å². The van der Waals surface area contributed by atoms with Crippen LogP contribution in [0.1, 0.15) is 0 Å². The largest absolute Gasteiger partial charge is 0.378 e. The first-order chi connectivity index (χ1) is 17.2. The van der Waals surface area contributed by atoms with Crippen molar-refractivity contribution in [1.82, 2.24) is 14.5 Å². The summed E-state index contributed by atoms with van der Waals surface area (Å²) in [6, 6.07) is 17.1. The molecule has 4 aromatic rings. The Bertz CT molecular complexity index is 1500. The van der Waals surface area contributed by atoms with Gasteiger partial charge in [0, 0.05) is 76.7 Å². The minimum atomic E-state index is -3.82. The zero-order valence-corrected chi connectivity index (χ0v) is 22.0. The third-order valence-electron chi connectivity index (χ3n) is 6.77. The molecule has 0 bridgehead atoms. The normalized spacial score (nSPS) is 14.8. The molecule has 1 fully saturated rings. The van der Waals surface area contributed by atoms with E-state index < -0.39 is 10.0 Å². The minimum absolute atomic E-state index is 0.246. The van der Waals surface area contributed by atoms with Crippen molar-refractivity contribution < 1.29 is 8.42 Å². The van der Waals surface area contributed by atoms with Gasteiger partial charge < -0.3 is 19.3 Å². The van der Waals surface area contributed by atoms with Gasteiger partial charge in [0.1, 0.15) is 5.65 Å². The van der Waals surface area contributed by atoms with Crippen LogP contribution < -0.4 is 14.5 Å². The number of nitrogens with one attached hydrogen (secondary N) is 1. The van der Waals surface area contributed by atoms with E-state index in [2.05, 4.69) is 32.6 Å². The molecule has 1 saturated heterocycles. The Morgan fingerprint density at radius 1 is 0.944 bits per heavy atom. The van der Waals surface area contributed by atoms with E-state index in [-0.39, 0.29) is 4.90 Å². The molecule has 0 unspecified atom stereocenters. The van der Waals surface area contributed by atoms with Crippen molar-refractivity contribution in [2.45, 2.75) is 4.90 Å². The van der Waals surface area contributed by atoms with Crippen LogP contribution in [-0.2, 0) is 17.1 Å². The molecule has 0 aliphatic carbocycles. The van der Waals surface area contributed by atoms with E-state index in [1.165, 1.54) is 0 Å². The van der Waals surface area contributed by atoms with Gasteiger partial charge in [0.15, 0.2) is 0 Å². The minimum Gasteiger partial charge on any atom is -0.378 e. The molecule has 2 aromatic heterocycles. The number of aryl methyl sites for hydroxylation is 1. The SMILES string of the molecule is CN1CCN(c2cccc(S(=O)(=O)Nc3ccnc4c3c(-c3cccc(N(C)C)c3)cn4C)c2)CC1. The van der Waals surface area contributed by atoms with Gasteiger partial charge in [-0.2, -0.15) is 0 Å². The topological polar surface area (TPSA) is 73.7 Å². The van der Waals surface area contributed by atoms with Gasteiger partial charge in [-0.3, -0.25) is 4.72 Å². The Kier molecular flexibility index (Phi) is 6.36. The van der Waals surface area contributed by atoms with E-state index in [1.807, 2.05) is 67.1 Å². The first-order valence-corrected chi connectivity index (χ1v) is 13.5. The van der Waals surface area contributed by atoms with E-state index >= 15 is 0 Å². The van der Waals surface area contributed by atoms with Crippen LogP contribution >= 0.6 is 0 Å². The third-order valence-corrected chi connectivity index (χ3v) is 8.13. The predicted molar refractivity (Wildman–Crippen MR) is 147 cm³/mol. The number of nitrogens with zero attached hydrogens (tertiary/aromatic N) is 5. The van der Waals surface area contributed by atoms with Gasteiger partial charge in [0.25, 0.3) is 10.0 Å². The average molecular weight is 505 g/mol. The number of sulfonamides is 1. The molecule has 1 aliphatic heterocycles. The lowest BCUT2D eigenvalue weighted by Gasteiger charge is -2.34. The van der Waals surface area contributed by atoms with Crippen molar-refractivity contribution in [1.29, 1.82) is 0 Å². The maximum absolute atomic E-state index is 13.6. The third kappa shape index (κ3) is 4.64. The van der Waals surface area contributed by atoms with Crippen LogP contribution in [0.3, 0.4) is 0 Å². The number of pyridine rings is 1. The quantitative estimate of drug-likeness (QED) is 0.430. The van der Waals surface area contributed by atoms with Crippen LogP contribution in [0.25, 0.3) is 22.2 Å². The summed E-state index contributed by atoms with van der Waals surface area (Å²) >= 11 is 0. The van der Waals surface area contributed by atoms with Crippen LogP contribution in [0.2, 0.25) is 0 Å². The molecule has 1 aliphatic rings. The van der Waals surface area contributed by atoms with E-state index in [0.29, 0.717) is 11.3 Å². The Morgan fingerprint density at radius 3 is 2.44 bits per heavy atom. The van der Waals surface area contributed by atoms with Crippen molar-refractivity contribution in [3.63, 3.8) is 0 Å². The molecule has 8 nitrogen and oxygen atoms in total. The lowest BCUT2D eigenvalue weighted by atomic mass is 10.0. The molecule has 3 heterocycles. The summed E-state index contributed by atoms with van der Waals surface area (Å²) < 4.78 is 31.9. The molecule has 0 saturated carbocycles. The van der Waals surface area contributed by atoms with Crippen LogP contribution in [0, 0.1) is 0 Å². The van der Waals surface area contributed by atoms with E-state index in [9.17, 15) is 8.42 Å². The smallest absolute Gasteiger partial charge is 0.261 e. The second kappa shape index (κ2) is 9.48. The Balaban J connectivity index is 1.53. The fourth-order valence-electron chi connectivity index (χ4n) is 4.67. The fourth-order valence-corrected chi connectivity index (χ4v) is 5.79. The molecule has 5 rings (SSSR count). The lowest BCUT2D eigenvalue weighted by Crippen LogP contribution is -2.44. The molecule has 0 spiro atoms. The van der Waals surface area contributed by atoms with Gasteiger partial charge in [-0.05, 0) is 49.0 Å². The van der Waals surface area contributed by atoms with E-state index in [4.69, 9.17) is 0 Å². The summed E-state index contributed by atoms with van der Waals surface area (Å²) in [7, 11) is 4.21. The van der Waals surface area contributed by atoms with Gasteiger partial charge in [-0.15, -0.1) is 0 Å². The fraction of sp³-hybridized carbons (Fsp3) is 0.296. The van der Waals surface area contributed by atoms with Gasteiger partial charge in [0.05, 0.1) is 16.0 Å². The van der Waals surface area contributed by atoms with Crippen molar-refractivity contribution in [2.75, 3.05) is 61.8 Å². The molecule has 0 atom stereocenters. The number of fused-ring (bicyclic) bond motifs is 1. The summed E-state index contributed by atoms with van der Waals surface area (Å²) in [5.74, 6) is 0. The molecular formula is C27H32N6O2S. The predicted octanol–water partition coefficient (Wildman–Crippen LogP) is 3.86. The summed E-state index contributed by atoms with van der Waals surface area (Å²) in [4.78, 5) is 11.3. The van der Waals surface area contributed by atoms with Gasteiger partial charge in [-0.1, -0.05) is 18.2 Å². The van der Waals surface area contributed by atoms with Gasteiger partial charge in [0.2, 0.25) is 0 Å². The molecular weight excluding hydrogens is 472 g/mol. The highest BCUT2D eigenvalue weighted by Gasteiger charge is 2.22. The lowest BCUT2D eigenvalue weighted by molar-refractivity contribution is 0.313. The average Bonchev–Trinajstić information content (AvgIpc) is 3.22. The van der Waals surface area contributed by atoms with Gasteiger partial charge >= 0.3 is 0 Å².